The van der Waals surface area contributed by atoms with Crippen molar-refractivity contribution in [3.63, 3.8) is 0 Å². The summed E-state index contributed by atoms with van der Waals surface area (Å²) in [6, 6.07) is 11.5. The Kier molecular flexibility index (Phi) is 4.97. The van der Waals surface area contributed by atoms with E-state index in [1.807, 2.05) is 0 Å². The smallest absolute Gasteiger partial charge is 0.324 e. The first kappa shape index (κ1) is 18.0. The van der Waals surface area contributed by atoms with Crippen molar-refractivity contribution in [3.8, 4) is 0 Å². The van der Waals surface area contributed by atoms with Gasteiger partial charge in [-0.25, -0.2) is 0 Å². The second kappa shape index (κ2) is 7.19. The summed E-state index contributed by atoms with van der Waals surface area (Å²) >= 11 is 0. The van der Waals surface area contributed by atoms with Crippen molar-refractivity contribution in [1.29, 1.82) is 0 Å². The molecule has 0 aliphatic carbocycles. The number of carbonyl (C=O) groups is 2. The fourth-order valence-corrected chi connectivity index (χ4v) is 2.91. The van der Waals surface area contributed by atoms with Crippen LogP contribution in [0.1, 0.15) is 24.0 Å². The van der Waals surface area contributed by atoms with Crippen molar-refractivity contribution in [2.24, 2.45) is 0 Å². The van der Waals surface area contributed by atoms with Crippen molar-refractivity contribution in [2.45, 2.75) is 25.4 Å². The normalized spacial score (nSPS) is 14.6. The van der Waals surface area contributed by atoms with Gasteiger partial charge in [0.25, 0.3) is 0 Å². The summed E-state index contributed by atoms with van der Waals surface area (Å²) in [7, 11) is 0. The van der Waals surface area contributed by atoms with Crippen LogP contribution in [0, 0.1) is 0 Å². The number of hydrogen-bond acceptors (Lipinski definition) is 2. The Morgan fingerprint density at radius 2 is 1.77 bits per heavy atom. The van der Waals surface area contributed by atoms with Gasteiger partial charge in [-0.1, -0.05) is 24.3 Å². The molecule has 0 unspecified atom stereocenters. The number of nitrogens with zero attached hydrogens (tertiary/aromatic N) is 1. The molecule has 1 N–H and O–H groups in total. The Morgan fingerprint density at radius 1 is 1.08 bits per heavy atom. The van der Waals surface area contributed by atoms with E-state index in [4.69, 9.17) is 0 Å². The molecule has 0 aromatic heterocycles. The number of rotatable bonds is 4. The summed E-state index contributed by atoms with van der Waals surface area (Å²) < 4.78 is 37.7. The quantitative estimate of drug-likeness (QED) is 0.893. The maximum atomic E-state index is 12.6. The number of amides is 2. The molecular formula is C19H17F3N2O2. The molecule has 0 atom stereocenters. The molecule has 4 nitrogen and oxygen atoms in total. The molecule has 1 saturated heterocycles. The van der Waals surface area contributed by atoms with Gasteiger partial charge in [0, 0.05) is 13.0 Å². The molecule has 2 amide bonds. The van der Waals surface area contributed by atoms with Crippen molar-refractivity contribution in [1.82, 2.24) is 0 Å². The van der Waals surface area contributed by atoms with Crippen LogP contribution in [0.15, 0.2) is 48.5 Å². The van der Waals surface area contributed by atoms with Crippen LogP contribution in [0.25, 0.3) is 0 Å². The number of hydrogen-bond donors (Lipinski definition) is 1. The van der Waals surface area contributed by atoms with E-state index in [1.54, 1.807) is 29.2 Å². The van der Waals surface area contributed by atoms with Crippen LogP contribution in [0.2, 0.25) is 0 Å². The zero-order chi connectivity index (χ0) is 18.7. The minimum Gasteiger partial charge on any atom is -0.324 e. The summed E-state index contributed by atoms with van der Waals surface area (Å²) in [4.78, 5) is 25.8. The molecule has 0 radical (unpaired) electrons. The van der Waals surface area contributed by atoms with Gasteiger partial charge in [0.05, 0.1) is 23.4 Å². The van der Waals surface area contributed by atoms with Crippen LogP contribution >= 0.6 is 0 Å². The van der Waals surface area contributed by atoms with E-state index in [0.29, 0.717) is 29.9 Å². The van der Waals surface area contributed by atoms with Crippen LogP contribution in [0.5, 0.6) is 0 Å². The van der Waals surface area contributed by atoms with Gasteiger partial charge in [-0.15, -0.1) is 0 Å². The standard InChI is InChI=1S/C19H17F3N2O2/c20-19(21,22)14-9-7-13(8-10-14)12-17(25)23-15-4-1-2-5-16(15)24-11-3-6-18(24)26/h1-2,4-5,7-10H,3,6,11-12H2,(H,23,25). The van der Waals surface area contributed by atoms with E-state index in [1.165, 1.54) is 12.1 Å². The highest BCUT2D eigenvalue weighted by Gasteiger charge is 2.30. The third kappa shape index (κ3) is 4.04. The number of anilines is 2. The molecule has 1 aliphatic rings. The lowest BCUT2D eigenvalue weighted by molar-refractivity contribution is -0.137. The lowest BCUT2D eigenvalue weighted by Crippen LogP contribution is -2.25. The van der Waals surface area contributed by atoms with Gasteiger partial charge in [0.2, 0.25) is 11.8 Å². The minimum absolute atomic E-state index is 0.00874. The molecule has 1 aliphatic heterocycles. The summed E-state index contributed by atoms with van der Waals surface area (Å²) in [6.07, 6.45) is -3.21. The van der Waals surface area contributed by atoms with E-state index in [-0.39, 0.29) is 18.2 Å². The molecule has 0 spiro atoms. The minimum atomic E-state index is -4.40. The van der Waals surface area contributed by atoms with E-state index >= 15 is 0 Å². The van der Waals surface area contributed by atoms with Crippen LogP contribution in [-0.2, 0) is 22.2 Å². The Balaban J connectivity index is 1.70. The van der Waals surface area contributed by atoms with Gasteiger partial charge in [0.15, 0.2) is 0 Å². The van der Waals surface area contributed by atoms with E-state index < -0.39 is 11.7 Å². The molecule has 0 bridgehead atoms. The van der Waals surface area contributed by atoms with Gasteiger partial charge in [-0.3, -0.25) is 9.59 Å². The number of halogens is 3. The summed E-state index contributed by atoms with van der Waals surface area (Å²) in [6.45, 7) is 0.602. The monoisotopic (exact) mass is 362 g/mol. The van der Waals surface area contributed by atoms with Crippen molar-refractivity contribution in [2.75, 3.05) is 16.8 Å². The van der Waals surface area contributed by atoms with Crippen LogP contribution in [0.3, 0.4) is 0 Å². The molecule has 26 heavy (non-hydrogen) atoms. The second-order valence-electron chi connectivity index (χ2n) is 6.09. The summed E-state index contributed by atoms with van der Waals surface area (Å²) in [5.74, 6) is -0.349. The fraction of sp³-hybridized carbons (Fsp3) is 0.263. The summed E-state index contributed by atoms with van der Waals surface area (Å²) in [5.41, 5.74) is 0.875. The molecule has 2 aromatic carbocycles. The first-order valence-corrected chi connectivity index (χ1v) is 8.20. The van der Waals surface area contributed by atoms with Gasteiger partial charge >= 0.3 is 6.18 Å². The molecule has 1 fully saturated rings. The van der Waals surface area contributed by atoms with Gasteiger partial charge in [-0.2, -0.15) is 13.2 Å². The van der Waals surface area contributed by atoms with Gasteiger partial charge in [-0.05, 0) is 36.2 Å². The van der Waals surface area contributed by atoms with Crippen LogP contribution < -0.4 is 10.2 Å². The third-order valence-corrected chi connectivity index (χ3v) is 4.19. The second-order valence-corrected chi connectivity index (χ2v) is 6.09. The maximum Gasteiger partial charge on any atom is 0.416 e. The maximum absolute atomic E-state index is 12.6. The van der Waals surface area contributed by atoms with Gasteiger partial charge < -0.3 is 10.2 Å². The van der Waals surface area contributed by atoms with Crippen LogP contribution in [0.4, 0.5) is 24.5 Å². The lowest BCUT2D eigenvalue weighted by Gasteiger charge is -2.20. The average molecular weight is 362 g/mol. The Hall–Kier alpha value is -2.83. The SMILES string of the molecule is O=C(Cc1ccc(C(F)(F)F)cc1)Nc1ccccc1N1CCCC1=O. The van der Waals surface area contributed by atoms with Gasteiger partial charge in [0.1, 0.15) is 0 Å². The Labute approximate surface area is 148 Å². The lowest BCUT2D eigenvalue weighted by atomic mass is 10.1. The molecule has 0 saturated carbocycles. The van der Waals surface area contributed by atoms with Crippen molar-refractivity contribution in [3.05, 3.63) is 59.7 Å². The Bertz CT molecular complexity index is 816. The predicted molar refractivity (Wildman–Crippen MR) is 91.8 cm³/mol. The summed E-state index contributed by atoms with van der Waals surface area (Å²) in [5, 5.41) is 2.75. The van der Waals surface area contributed by atoms with E-state index in [0.717, 1.165) is 18.6 Å². The molecule has 3 rings (SSSR count). The molecule has 136 valence electrons. The first-order chi connectivity index (χ1) is 12.3. The molecule has 7 heteroatoms. The number of carbonyl (C=O) groups excluding carboxylic acids is 2. The fourth-order valence-electron chi connectivity index (χ4n) is 2.91. The molecule has 1 heterocycles. The van der Waals surface area contributed by atoms with Crippen molar-refractivity contribution < 1.29 is 22.8 Å². The predicted octanol–water partition coefficient (Wildman–Crippen LogP) is 4.01. The highest BCUT2D eigenvalue weighted by atomic mass is 19.4. The average Bonchev–Trinajstić information content (AvgIpc) is 3.01. The van der Waals surface area contributed by atoms with Crippen molar-refractivity contribution >= 4 is 23.2 Å². The number of para-hydroxylation sites is 2. The highest BCUT2D eigenvalue weighted by Crippen LogP contribution is 2.30. The first-order valence-electron chi connectivity index (χ1n) is 8.20. The van der Waals surface area contributed by atoms with E-state index in [2.05, 4.69) is 5.32 Å². The zero-order valence-electron chi connectivity index (χ0n) is 13.8. The zero-order valence-corrected chi connectivity index (χ0v) is 13.8. The number of nitrogens with one attached hydrogen (secondary N) is 1. The molecule has 2 aromatic rings. The number of alkyl halides is 3. The largest absolute Gasteiger partial charge is 0.416 e. The van der Waals surface area contributed by atoms with E-state index in [9.17, 15) is 22.8 Å². The molecular weight excluding hydrogens is 345 g/mol. The third-order valence-electron chi connectivity index (χ3n) is 4.19. The van der Waals surface area contributed by atoms with Crippen LogP contribution in [-0.4, -0.2) is 18.4 Å². The highest BCUT2D eigenvalue weighted by molar-refractivity contribution is 6.02. The number of benzene rings is 2. The topological polar surface area (TPSA) is 49.4 Å². The Morgan fingerprint density at radius 3 is 2.38 bits per heavy atom.